The normalized spacial score (nSPS) is 14.7. The van der Waals surface area contributed by atoms with Gasteiger partial charge in [0, 0.05) is 30.5 Å². The summed E-state index contributed by atoms with van der Waals surface area (Å²) in [6.07, 6.45) is 2.54. The van der Waals surface area contributed by atoms with Crippen molar-refractivity contribution in [2.24, 2.45) is 5.92 Å². The van der Waals surface area contributed by atoms with Gasteiger partial charge in [-0.05, 0) is 56.4 Å². The average molecular weight is 428 g/mol. The van der Waals surface area contributed by atoms with Crippen molar-refractivity contribution in [3.05, 3.63) is 70.3 Å². The molecule has 3 aromatic rings. The van der Waals surface area contributed by atoms with Crippen LogP contribution in [0.4, 0.5) is 16.0 Å². The number of benzene rings is 1. The highest BCUT2D eigenvalue weighted by Crippen LogP contribution is 2.25. The summed E-state index contributed by atoms with van der Waals surface area (Å²) in [4.78, 5) is 19.0. The van der Waals surface area contributed by atoms with Crippen molar-refractivity contribution < 1.29 is 9.18 Å². The minimum Gasteiger partial charge on any atom is -0.339 e. The van der Waals surface area contributed by atoms with E-state index in [0.717, 1.165) is 42.3 Å². The number of amides is 1. The van der Waals surface area contributed by atoms with Crippen LogP contribution in [0.2, 0.25) is 5.02 Å². The molecule has 1 aliphatic heterocycles. The summed E-state index contributed by atoms with van der Waals surface area (Å²) in [6.45, 7) is 3.14. The van der Waals surface area contributed by atoms with Gasteiger partial charge in [0.05, 0.1) is 10.6 Å². The summed E-state index contributed by atoms with van der Waals surface area (Å²) in [5.74, 6) is 0.966. The quantitative estimate of drug-likeness (QED) is 0.616. The van der Waals surface area contributed by atoms with Crippen LogP contribution >= 0.6 is 11.6 Å². The fourth-order valence-electron chi connectivity index (χ4n) is 3.75. The molecule has 156 valence electrons. The van der Waals surface area contributed by atoms with Crippen LogP contribution in [0.3, 0.4) is 0 Å². The lowest BCUT2D eigenvalue weighted by Crippen LogP contribution is -2.39. The van der Waals surface area contributed by atoms with Gasteiger partial charge in [-0.1, -0.05) is 23.7 Å². The molecule has 0 spiro atoms. The van der Waals surface area contributed by atoms with E-state index in [1.54, 1.807) is 11.0 Å². The predicted molar refractivity (Wildman–Crippen MR) is 115 cm³/mol. The van der Waals surface area contributed by atoms with Crippen LogP contribution in [-0.4, -0.2) is 39.1 Å². The minimum atomic E-state index is -0.646. The monoisotopic (exact) mass is 427 g/mol. The maximum atomic E-state index is 14.2. The molecule has 1 saturated heterocycles. The molecule has 0 saturated carbocycles. The molecule has 2 N–H and O–H groups in total. The Labute approximate surface area is 179 Å². The van der Waals surface area contributed by atoms with Crippen LogP contribution in [0.1, 0.15) is 34.6 Å². The number of nitrogens with zero attached hydrogens (tertiary/aromatic N) is 3. The SMILES string of the molecule is Cc1cc(Nc2cccc(CC3CCN(C(=O)c4cccc(Cl)c4F)CC3)n2)n[nH]1. The van der Waals surface area contributed by atoms with Gasteiger partial charge in [-0.3, -0.25) is 9.89 Å². The number of carbonyl (C=O) groups excluding carboxylic acids is 1. The largest absolute Gasteiger partial charge is 0.339 e. The first-order chi connectivity index (χ1) is 14.5. The minimum absolute atomic E-state index is 0.0275. The Morgan fingerprint density at radius 3 is 2.73 bits per heavy atom. The van der Waals surface area contributed by atoms with Crippen molar-refractivity contribution in [1.82, 2.24) is 20.1 Å². The summed E-state index contributed by atoms with van der Waals surface area (Å²) in [6, 6.07) is 12.4. The molecule has 2 aromatic heterocycles. The van der Waals surface area contributed by atoms with E-state index in [9.17, 15) is 9.18 Å². The van der Waals surface area contributed by atoms with Gasteiger partial charge in [0.2, 0.25) is 0 Å². The molecule has 6 nitrogen and oxygen atoms in total. The summed E-state index contributed by atoms with van der Waals surface area (Å²) >= 11 is 5.81. The highest BCUT2D eigenvalue weighted by Gasteiger charge is 2.26. The van der Waals surface area contributed by atoms with Crippen LogP contribution in [0, 0.1) is 18.7 Å². The van der Waals surface area contributed by atoms with E-state index in [1.165, 1.54) is 12.1 Å². The third kappa shape index (κ3) is 4.62. The van der Waals surface area contributed by atoms with Crippen molar-refractivity contribution in [3.63, 3.8) is 0 Å². The summed E-state index contributed by atoms with van der Waals surface area (Å²) < 4.78 is 14.2. The van der Waals surface area contributed by atoms with Crippen LogP contribution in [0.15, 0.2) is 42.5 Å². The van der Waals surface area contributed by atoms with Crippen molar-refractivity contribution >= 4 is 29.1 Å². The molecule has 0 atom stereocenters. The zero-order valence-corrected chi connectivity index (χ0v) is 17.4. The second-order valence-electron chi connectivity index (χ2n) is 7.62. The molecule has 1 aliphatic rings. The van der Waals surface area contributed by atoms with Crippen molar-refractivity contribution in [2.45, 2.75) is 26.2 Å². The van der Waals surface area contributed by atoms with E-state index < -0.39 is 5.82 Å². The van der Waals surface area contributed by atoms with E-state index in [2.05, 4.69) is 20.5 Å². The number of rotatable bonds is 5. The lowest BCUT2D eigenvalue weighted by Gasteiger charge is -2.32. The molecular formula is C22H23ClFN5O. The molecular weight excluding hydrogens is 405 g/mol. The molecule has 8 heteroatoms. The Morgan fingerprint density at radius 2 is 2.00 bits per heavy atom. The molecule has 1 aromatic carbocycles. The summed E-state index contributed by atoms with van der Waals surface area (Å²) in [5.41, 5.74) is 2.01. The molecule has 3 heterocycles. The van der Waals surface area contributed by atoms with Crippen molar-refractivity contribution in [1.29, 1.82) is 0 Å². The maximum Gasteiger partial charge on any atom is 0.256 e. The number of hydrogen-bond donors (Lipinski definition) is 2. The molecule has 1 fully saturated rings. The fourth-order valence-corrected chi connectivity index (χ4v) is 3.93. The number of piperidine rings is 1. The van der Waals surface area contributed by atoms with Crippen LogP contribution < -0.4 is 5.32 Å². The number of pyridine rings is 1. The Bertz CT molecular complexity index is 1050. The standard InChI is InChI=1S/C22H23ClFN5O/c1-14-12-20(28-27-14)26-19-7-2-4-16(25-19)13-15-8-10-29(11-9-15)22(30)17-5-3-6-18(23)21(17)24/h2-7,12,15H,8-11,13H2,1H3,(H2,25,26,27,28). The first kappa shape index (κ1) is 20.3. The number of aryl methyl sites for hydroxylation is 1. The highest BCUT2D eigenvalue weighted by molar-refractivity contribution is 6.31. The maximum absolute atomic E-state index is 14.2. The second kappa shape index (κ2) is 8.83. The second-order valence-corrected chi connectivity index (χ2v) is 8.02. The van der Waals surface area contributed by atoms with Gasteiger partial charge in [-0.25, -0.2) is 9.37 Å². The molecule has 4 rings (SSSR count). The Kier molecular flexibility index (Phi) is 5.99. The molecule has 1 amide bonds. The van der Waals surface area contributed by atoms with E-state index >= 15 is 0 Å². The first-order valence-electron chi connectivity index (χ1n) is 9.98. The van der Waals surface area contributed by atoms with Crippen LogP contribution in [-0.2, 0) is 6.42 Å². The number of likely N-dealkylation sites (tertiary alicyclic amines) is 1. The van der Waals surface area contributed by atoms with Gasteiger partial charge >= 0.3 is 0 Å². The number of carbonyl (C=O) groups is 1. The van der Waals surface area contributed by atoms with Gasteiger partial charge in [0.25, 0.3) is 5.91 Å². The molecule has 0 radical (unpaired) electrons. The molecule has 0 unspecified atom stereocenters. The van der Waals surface area contributed by atoms with Crippen molar-refractivity contribution in [3.8, 4) is 0 Å². The Morgan fingerprint density at radius 1 is 1.23 bits per heavy atom. The van der Waals surface area contributed by atoms with Gasteiger partial charge in [0.15, 0.2) is 11.6 Å². The zero-order chi connectivity index (χ0) is 21.1. The molecule has 0 bridgehead atoms. The number of nitrogens with one attached hydrogen (secondary N) is 2. The van der Waals surface area contributed by atoms with Crippen molar-refractivity contribution in [2.75, 3.05) is 18.4 Å². The number of halogens is 2. The predicted octanol–water partition coefficient (Wildman–Crippen LogP) is 4.74. The van der Waals surface area contributed by atoms with E-state index in [-0.39, 0.29) is 16.5 Å². The van der Waals surface area contributed by atoms with Gasteiger partial charge in [-0.15, -0.1) is 0 Å². The average Bonchev–Trinajstić information content (AvgIpc) is 3.15. The highest BCUT2D eigenvalue weighted by atomic mass is 35.5. The molecule has 0 aliphatic carbocycles. The van der Waals surface area contributed by atoms with Crippen LogP contribution in [0.5, 0.6) is 0 Å². The van der Waals surface area contributed by atoms with Gasteiger partial charge in [0.1, 0.15) is 5.82 Å². The van der Waals surface area contributed by atoms with Crippen LogP contribution in [0.25, 0.3) is 0 Å². The number of aromatic amines is 1. The van der Waals surface area contributed by atoms with Gasteiger partial charge in [-0.2, -0.15) is 5.10 Å². The third-order valence-electron chi connectivity index (χ3n) is 5.35. The number of aromatic nitrogens is 3. The van der Waals surface area contributed by atoms with E-state index in [1.807, 2.05) is 31.2 Å². The topological polar surface area (TPSA) is 73.9 Å². The summed E-state index contributed by atoms with van der Waals surface area (Å²) in [5, 5.41) is 10.2. The fraction of sp³-hybridized carbons (Fsp3) is 0.318. The lowest BCUT2D eigenvalue weighted by molar-refractivity contribution is 0.0685. The Hall–Kier alpha value is -2.93. The summed E-state index contributed by atoms with van der Waals surface area (Å²) in [7, 11) is 0. The Balaban J connectivity index is 1.34. The number of hydrogen-bond acceptors (Lipinski definition) is 4. The lowest BCUT2D eigenvalue weighted by atomic mass is 9.91. The first-order valence-corrected chi connectivity index (χ1v) is 10.4. The molecule has 30 heavy (non-hydrogen) atoms. The number of anilines is 2. The van der Waals surface area contributed by atoms with E-state index in [0.29, 0.717) is 19.0 Å². The van der Waals surface area contributed by atoms with Gasteiger partial charge < -0.3 is 10.2 Å². The van der Waals surface area contributed by atoms with E-state index in [4.69, 9.17) is 11.6 Å². The number of H-pyrrole nitrogens is 1. The third-order valence-corrected chi connectivity index (χ3v) is 5.64. The smallest absolute Gasteiger partial charge is 0.256 e. The zero-order valence-electron chi connectivity index (χ0n) is 16.7.